The van der Waals surface area contributed by atoms with Crippen molar-refractivity contribution in [2.45, 2.75) is 37.7 Å². The number of benzene rings is 3. The Morgan fingerprint density at radius 2 is 1.68 bits per heavy atom. The van der Waals surface area contributed by atoms with Gasteiger partial charge in [0.15, 0.2) is 0 Å². The first-order valence-electron chi connectivity index (χ1n) is 14.2. The van der Waals surface area contributed by atoms with E-state index in [-0.39, 0.29) is 12.0 Å². The van der Waals surface area contributed by atoms with Gasteiger partial charge in [0.2, 0.25) is 0 Å². The van der Waals surface area contributed by atoms with Gasteiger partial charge >= 0.3 is 0 Å². The number of nitroso groups, excluding NO2 is 1. The SMILES string of the molecule is COCCCN1CCOc2ccc(CO[C@H]3CNC[C@@H](N=O)[C@@H]3c3ccc(Oc4ccc(COC)cc4)cc3)cc21. The lowest BCUT2D eigenvalue weighted by Crippen LogP contribution is -2.48. The molecule has 0 spiro atoms. The Balaban J connectivity index is 1.26. The van der Waals surface area contributed by atoms with Crippen LogP contribution in [0.4, 0.5) is 5.69 Å². The summed E-state index contributed by atoms with van der Waals surface area (Å²) in [5, 5.41) is 6.78. The lowest BCUT2D eigenvalue weighted by molar-refractivity contribution is 0.00539. The third-order valence-corrected chi connectivity index (χ3v) is 7.61. The number of nitrogens with zero attached hydrogens (tertiary/aromatic N) is 2. The first-order valence-corrected chi connectivity index (χ1v) is 14.2. The van der Waals surface area contributed by atoms with Gasteiger partial charge in [-0.3, -0.25) is 0 Å². The number of methoxy groups -OCH3 is 2. The maximum absolute atomic E-state index is 11.8. The van der Waals surface area contributed by atoms with E-state index in [4.69, 9.17) is 23.7 Å². The molecule has 3 aromatic carbocycles. The van der Waals surface area contributed by atoms with Crippen molar-refractivity contribution in [3.63, 3.8) is 0 Å². The van der Waals surface area contributed by atoms with Crippen LogP contribution in [0.5, 0.6) is 17.2 Å². The van der Waals surface area contributed by atoms with Crippen LogP contribution in [0.3, 0.4) is 0 Å². The zero-order valence-electron chi connectivity index (χ0n) is 23.8. The van der Waals surface area contributed by atoms with E-state index in [1.54, 1.807) is 14.2 Å². The highest BCUT2D eigenvalue weighted by molar-refractivity contribution is 5.61. The topological polar surface area (TPSA) is 90.9 Å². The highest BCUT2D eigenvalue weighted by atomic mass is 16.5. The second-order valence-electron chi connectivity index (χ2n) is 10.4. The van der Waals surface area contributed by atoms with Crippen molar-refractivity contribution in [2.24, 2.45) is 5.18 Å². The minimum atomic E-state index is -0.429. The van der Waals surface area contributed by atoms with Gasteiger partial charge in [-0.05, 0) is 59.5 Å². The molecule has 0 unspecified atom stereocenters. The summed E-state index contributed by atoms with van der Waals surface area (Å²) < 4.78 is 28.8. The minimum absolute atomic E-state index is 0.164. The number of anilines is 1. The fourth-order valence-electron chi connectivity index (χ4n) is 5.54. The monoisotopic (exact) mass is 561 g/mol. The number of hydrogen-bond acceptors (Lipinski definition) is 9. The van der Waals surface area contributed by atoms with Crippen LogP contribution in [0.1, 0.15) is 29.0 Å². The van der Waals surface area contributed by atoms with Gasteiger partial charge in [-0.15, -0.1) is 0 Å². The minimum Gasteiger partial charge on any atom is -0.490 e. The Labute approximate surface area is 241 Å². The van der Waals surface area contributed by atoms with Gasteiger partial charge in [0.1, 0.15) is 29.9 Å². The van der Waals surface area contributed by atoms with E-state index in [2.05, 4.69) is 21.5 Å². The summed E-state index contributed by atoms with van der Waals surface area (Å²) in [6.45, 7) is 5.31. The number of hydrogen-bond donors (Lipinski definition) is 1. The number of rotatable bonds is 13. The van der Waals surface area contributed by atoms with Crippen LogP contribution in [0.2, 0.25) is 0 Å². The van der Waals surface area contributed by atoms with E-state index >= 15 is 0 Å². The molecule has 0 bridgehead atoms. The summed E-state index contributed by atoms with van der Waals surface area (Å²) in [5.41, 5.74) is 4.24. The lowest BCUT2D eigenvalue weighted by Gasteiger charge is -2.36. The molecule has 9 nitrogen and oxygen atoms in total. The number of fused-ring (bicyclic) bond motifs is 1. The highest BCUT2D eigenvalue weighted by Crippen LogP contribution is 2.35. The summed E-state index contributed by atoms with van der Waals surface area (Å²) in [6.07, 6.45) is 0.744. The van der Waals surface area contributed by atoms with E-state index in [1.165, 1.54) is 0 Å². The molecule has 0 aliphatic carbocycles. The quantitative estimate of drug-likeness (QED) is 0.223. The fourth-order valence-corrected chi connectivity index (χ4v) is 5.54. The molecule has 5 rings (SSSR count). The Morgan fingerprint density at radius 1 is 0.927 bits per heavy atom. The van der Waals surface area contributed by atoms with Crippen LogP contribution in [-0.2, 0) is 27.4 Å². The third-order valence-electron chi connectivity index (χ3n) is 7.61. The van der Waals surface area contributed by atoms with Crippen LogP contribution < -0.4 is 19.7 Å². The lowest BCUT2D eigenvalue weighted by atomic mass is 9.84. The molecule has 3 aromatic rings. The summed E-state index contributed by atoms with van der Waals surface area (Å²) >= 11 is 0. The van der Waals surface area contributed by atoms with Gasteiger partial charge in [0.25, 0.3) is 0 Å². The maximum atomic E-state index is 11.8. The standard InChI is InChI=1S/C32H39N3O6/c1-37-16-3-14-35-15-17-39-30-13-6-24(18-29(30)35)22-40-31-20-33-19-28(34-36)32(31)25-7-11-27(12-8-25)41-26-9-4-23(5-10-26)21-38-2/h4-13,18,28,31-33H,3,14-17,19-22H2,1-2H3/t28-,31+,32+/m1/s1. The van der Waals surface area contributed by atoms with E-state index in [0.717, 1.165) is 65.7 Å². The Bertz CT molecular complexity index is 1250. The molecule has 0 amide bonds. The Morgan fingerprint density at radius 3 is 2.41 bits per heavy atom. The molecule has 3 atom stereocenters. The average molecular weight is 562 g/mol. The number of nitrogens with one attached hydrogen (secondary N) is 1. The molecule has 1 saturated heterocycles. The van der Waals surface area contributed by atoms with E-state index in [1.807, 2.05) is 60.7 Å². The molecule has 0 aromatic heterocycles. The summed E-state index contributed by atoms with van der Waals surface area (Å²) in [4.78, 5) is 14.2. The van der Waals surface area contributed by atoms with Gasteiger partial charge in [-0.2, -0.15) is 4.91 Å². The molecule has 218 valence electrons. The third kappa shape index (κ3) is 7.42. The average Bonchev–Trinajstić information content (AvgIpc) is 3.01. The van der Waals surface area contributed by atoms with Gasteiger partial charge in [-0.25, -0.2) is 0 Å². The maximum Gasteiger partial charge on any atom is 0.142 e. The van der Waals surface area contributed by atoms with Crippen LogP contribution in [0.15, 0.2) is 71.9 Å². The second-order valence-corrected chi connectivity index (χ2v) is 10.4. The van der Waals surface area contributed by atoms with Gasteiger partial charge in [0.05, 0.1) is 31.5 Å². The Kier molecular flexibility index (Phi) is 10.2. The summed E-state index contributed by atoms with van der Waals surface area (Å²) in [7, 11) is 3.41. The largest absolute Gasteiger partial charge is 0.490 e. The Hall–Kier alpha value is -3.50. The summed E-state index contributed by atoms with van der Waals surface area (Å²) in [6, 6.07) is 21.5. The van der Waals surface area contributed by atoms with E-state index in [9.17, 15) is 4.91 Å². The van der Waals surface area contributed by atoms with Crippen molar-refractivity contribution < 1.29 is 23.7 Å². The molecular formula is C32H39N3O6. The van der Waals surface area contributed by atoms with Crippen molar-refractivity contribution in [1.29, 1.82) is 0 Å². The van der Waals surface area contributed by atoms with Gasteiger partial charge < -0.3 is 33.9 Å². The van der Waals surface area contributed by atoms with Gasteiger partial charge in [-0.1, -0.05) is 35.5 Å². The zero-order chi connectivity index (χ0) is 28.4. The van der Waals surface area contributed by atoms with Crippen LogP contribution in [0, 0.1) is 4.91 Å². The van der Waals surface area contributed by atoms with Crippen molar-refractivity contribution >= 4 is 5.69 Å². The molecule has 41 heavy (non-hydrogen) atoms. The molecule has 2 aliphatic rings. The zero-order valence-corrected chi connectivity index (χ0v) is 23.8. The highest BCUT2D eigenvalue weighted by Gasteiger charge is 2.36. The molecule has 1 N–H and O–H groups in total. The first kappa shape index (κ1) is 29.0. The van der Waals surface area contributed by atoms with Crippen molar-refractivity contribution in [3.8, 4) is 17.2 Å². The molecule has 0 radical (unpaired) electrons. The first-order chi connectivity index (χ1) is 20.2. The van der Waals surface area contributed by atoms with Crippen molar-refractivity contribution in [1.82, 2.24) is 5.32 Å². The van der Waals surface area contributed by atoms with Crippen molar-refractivity contribution in [2.75, 3.05) is 58.5 Å². The predicted molar refractivity (Wildman–Crippen MR) is 158 cm³/mol. The van der Waals surface area contributed by atoms with Crippen LogP contribution >= 0.6 is 0 Å². The smallest absolute Gasteiger partial charge is 0.142 e. The van der Waals surface area contributed by atoms with Gasteiger partial charge in [0, 0.05) is 46.4 Å². The fraction of sp³-hybridized carbons (Fsp3) is 0.438. The molecule has 2 aliphatic heterocycles. The molecule has 2 heterocycles. The van der Waals surface area contributed by atoms with E-state index in [0.29, 0.717) is 32.9 Å². The molecule has 9 heteroatoms. The summed E-state index contributed by atoms with van der Waals surface area (Å²) in [5.74, 6) is 2.21. The van der Waals surface area contributed by atoms with Crippen LogP contribution in [0.25, 0.3) is 0 Å². The van der Waals surface area contributed by atoms with Crippen molar-refractivity contribution in [3.05, 3.63) is 88.3 Å². The molecule has 0 saturated carbocycles. The number of ether oxygens (including phenoxy) is 5. The second kappa shape index (κ2) is 14.4. The molecular weight excluding hydrogens is 522 g/mol. The molecule has 1 fully saturated rings. The number of piperidine rings is 1. The normalized spacial score (nSPS) is 20.2. The van der Waals surface area contributed by atoms with E-state index < -0.39 is 6.04 Å². The van der Waals surface area contributed by atoms with Crippen LogP contribution in [-0.4, -0.2) is 65.8 Å². The predicted octanol–water partition coefficient (Wildman–Crippen LogP) is 5.27.